The van der Waals surface area contributed by atoms with E-state index in [0.717, 1.165) is 4.57 Å². The molecule has 0 aliphatic rings. The van der Waals surface area contributed by atoms with Crippen LogP contribution in [0.1, 0.15) is 24.2 Å². The number of rotatable bonds is 3. The first-order valence-electron chi connectivity index (χ1n) is 5.87. The highest BCUT2D eigenvalue weighted by molar-refractivity contribution is 6.03. The normalized spacial score (nSPS) is 10.9. The van der Waals surface area contributed by atoms with Crippen LogP contribution in [-0.2, 0) is 4.74 Å². The van der Waals surface area contributed by atoms with E-state index in [2.05, 4.69) is 4.98 Å². The second-order valence-corrected chi connectivity index (χ2v) is 4.56. The van der Waals surface area contributed by atoms with Gasteiger partial charge in [0, 0.05) is 0 Å². The van der Waals surface area contributed by atoms with Gasteiger partial charge in [-0.05, 0) is 18.1 Å². The van der Waals surface area contributed by atoms with E-state index in [1.807, 2.05) is 13.8 Å². The van der Waals surface area contributed by atoms with Gasteiger partial charge in [-0.2, -0.15) is 0 Å². The maximum atomic E-state index is 11.9. The fourth-order valence-electron chi connectivity index (χ4n) is 1.68. The average Bonchev–Trinajstić information content (AvgIpc) is 2.79. The Bertz CT molecular complexity index is 631. The van der Waals surface area contributed by atoms with Gasteiger partial charge in [-0.1, -0.05) is 19.9 Å². The summed E-state index contributed by atoms with van der Waals surface area (Å²) in [4.78, 5) is 27.1. The lowest BCUT2D eigenvalue weighted by Crippen LogP contribution is -2.17. The number of benzene rings is 1. The van der Waals surface area contributed by atoms with Crippen LogP contribution in [0.3, 0.4) is 0 Å². The number of aromatic nitrogens is 2. The van der Waals surface area contributed by atoms with Gasteiger partial charge in [-0.25, -0.2) is 19.1 Å². The molecule has 6 nitrogen and oxygen atoms in total. The molecule has 0 saturated heterocycles. The number of para-hydroxylation sites is 1. The van der Waals surface area contributed by atoms with Crippen molar-refractivity contribution in [1.82, 2.24) is 9.55 Å². The van der Waals surface area contributed by atoms with Gasteiger partial charge >= 0.3 is 12.1 Å². The number of aromatic carboxylic acids is 1. The minimum absolute atomic E-state index is 0.0245. The van der Waals surface area contributed by atoms with E-state index in [-0.39, 0.29) is 23.6 Å². The lowest BCUT2D eigenvalue weighted by atomic mass is 10.2. The fourth-order valence-corrected chi connectivity index (χ4v) is 1.68. The lowest BCUT2D eigenvalue weighted by Gasteiger charge is -2.08. The number of nitrogens with zero attached hydrogens (tertiary/aromatic N) is 2. The second kappa shape index (κ2) is 5.09. The number of carbonyl (C=O) groups is 2. The lowest BCUT2D eigenvalue weighted by molar-refractivity contribution is 0.0698. The van der Waals surface area contributed by atoms with Crippen molar-refractivity contribution in [2.75, 3.05) is 6.61 Å². The molecular formula is C13H14N2O4. The molecule has 1 aromatic heterocycles. The van der Waals surface area contributed by atoms with Crippen molar-refractivity contribution >= 4 is 23.1 Å². The average molecular weight is 262 g/mol. The number of imidazole rings is 1. The summed E-state index contributed by atoms with van der Waals surface area (Å²) < 4.78 is 6.21. The topological polar surface area (TPSA) is 81.4 Å². The highest BCUT2D eigenvalue weighted by Crippen LogP contribution is 2.18. The van der Waals surface area contributed by atoms with Gasteiger partial charge in [-0.15, -0.1) is 0 Å². The predicted molar refractivity (Wildman–Crippen MR) is 68.3 cm³/mol. The molecule has 19 heavy (non-hydrogen) atoms. The molecule has 6 heteroatoms. The van der Waals surface area contributed by atoms with Crippen molar-refractivity contribution in [3.05, 3.63) is 30.1 Å². The number of carboxylic acids is 1. The summed E-state index contributed by atoms with van der Waals surface area (Å²) in [5.41, 5.74) is 0.724. The van der Waals surface area contributed by atoms with Crippen molar-refractivity contribution in [1.29, 1.82) is 0 Å². The number of carboxylic acid groups (broad SMARTS) is 1. The highest BCUT2D eigenvalue weighted by Gasteiger charge is 2.18. The fraction of sp³-hybridized carbons (Fsp3) is 0.308. The predicted octanol–water partition coefficient (Wildman–Crippen LogP) is 2.38. The summed E-state index contributed by atoms with van der Waals surface area (Å²) in [7, 11) is 0. The van der Waals surface area contributed by atoms with E-state index in [1.165, 1.54) is 12.4 Å². The van der Waals surface area contributed by atoms with E-state index in [1.54, 1.807) is 12.1 Å². The van der Waals surface area contributed by atoms with Crippen molar-refractivity contribution < 1.29 is 19.4 Å². The van der Waals surface area contributed by atoms with Crippen LogP contribution in [0.25, 0.3) is 11.0 Å². The van der Waals surface area contributed by atoms with E-state index < -0.39 is 12.1 Å². The molecule has 2 rings (SSSR count). The number of hydrogen-bond donors (Lipinski definition) is 1. The molecule has 0 unspecified atom stereocenters. The van der Waals surface area contributed by atoms with Crippen LogP contribution in [-0.4, -0.2) is 33.3 Å². The van der Waals surface area contributed by atoms with Crippen LogP contribution in [0, 0.1) is 5.92 Å². The van der Waals surface area contributed by atoms with E-state index >= 15 is 0 Å². The Labute approximate surface area is 109 Å². The molecule has 0 spiro atoms. The van der Waals surface area contributed by atoms with Crippen LogP contribution in [0.4, 0.5) is 4.79 Å². The third-order valence-corrected chi connectivity index (χ3v) is 2.54. The quantitative estimate of drug-likeness (QED) is 0.918. The van der Waals surface area contributed by atoms with Crippen LogP contribution < -0.4 is 0 Å². The Hall–Kier alpha value is -2.37. The summed E-state index contributed by atoms with van der Waals surface area (Å²) >= 11 is 0. The Kier molecular flexibility index (Phi) is 3.50. The molecule has 1 N–H and O–H groups in total. The van der Waals surface area contributed by atoms with Crippen molar-refractivity contribution in [2.24, 2.45) is 5.92 Å². The monoisotopic (exact) mass is 262 g/mol. The standard InChI is InChI=1S/C13H14N2O4/c1-8(2)6-19-13(18)15-7-14-10-5-3-4-9(11(10)15)12(16)17/h3-5,7-8H,6H2,1-2H3,(H,16,17). The largest absolute Gasteiger partial charge is 0.478 e. The number of ether oxygens (including phenoxy) is 1. The van der Waals surface area contributed by atoms with E-state index in [0.29, 0.717) is 5.52 Å². The Morgan fingerprint density at radius 1 is 1.42 bits per heavy atom. The van der Waals surface area contributed by atoms with Gasteiger partial charge in [0.05, 0.1) is 23.2 Å². The molecule has 0 fully saturated rings. The Morgan fingerprint density at radius 3 is 2.79 bits per heavy atom. The van der Waals surface area contributed by atoms with E-state index in [9.17, 15) is 9.59 Å². The van der Waals surface area contributed by atoms with Crippen molar-refractivity contribution in [3.63, 3.8) is 0 Å². The molecule has 2 aromatic rings. The third-order valence-electron chi connectivity index (χ3n) is 2.54. The first-order chi connectivity index (χ1) is 9.00. The zero-order valence-electron chi connectivity index (χ0n) is 10.7. The van der Waals surface area contributed by atoms with Gasteiger partial charge in [0.25, 0.3) is 0 Å². The second-order valence-electron chi connectivity index (χ2n) is 4.56. The minimum atomic E-state index is -1.11. The van der Waals surface area contributed by atoms with Crippen LogP contribution >= 0.6 is 0 Å². The molecule has 0 aliphatic heterocycles. The Balaban J connectivity index is 2.44. The molecule has 1 aromatic carbocycles. The summed E-state index contributed by atoms with van der Waals surface area (Å²) in [5.74, 6) is -0.901. The summed E-state index contributed by atoms with van der Waals surface area (Å²) in [6.07, 6.45) is 0.657. The van der Waals surface area contributed by atoms with Crippen LogP contribution in [0.5, 0.6) is 0 Å². The number of hydrogen-bond acceptors (Lipinski definition) is 4. The minimum Gasteiger partial charge on any atom is -0.478 e. The van der Waals surface area contributed by atoms with Gasteiger partial charge < -0.3 is 9.84 Å². The first-order valence-corrected chi connectivity index (χ1v) is 5.87. The smallest absolute Gasteiger partial charge is 0.419 e. The maximum absolute atomic E-state index is 11.9. The molecular weight excluding hydrogens is 248 g/mol. The number of fused-ring (bicyclic) bond motifs is 1. The SMILES string of the molecule is CC(C)COC(=O)n1cnc2cccc(C(=O)O)c21. The summed E-state index contributed by atoms with van der Waals surface area (Å²) in [6.45, 7) is 4.11. The van der Waals surface area contributed by atoms with Gasteiger partial charge in [0.2, 0.25) is 0 Å². The Morgan fingerprint density at radius 2 is 2.16 bits per heavy atom. The van der Waals surface area contributed by atoms with Gasteiger partial charge in [0.15, 0.2) is 0 Å². The zero-order chi connectivity index (χ0) is 14.0. The molecule has 0 saturated carbocycles. The molecule has 100 valence electrons. The van der Waals surface area contributed by atoms with Gasteiger partial charge in [-0.3, -0.25) is 0 Å². The molecule has 0 bridgehead atoms. The molecule has 0 amide bonds. The molecule has 0 aliphatic carbocycles. The van der Waals surface area contributed by atoms with E-state index in [4.69, 9.17) is 9.84 Å². The molecule has 0 atom stereocenters. The first kappa shape index (κ1) is 13.1. The van der Waals surface area contributed by atoms with Crippen LogP contribution in [0.15, 0.2) is 24.5 Å². The molecule has 1 heterocycles. The third kappa shape index (κ3) is 2.57. The summed E-state index contributed by atoms with van der Waals surface area (Å²) in [5, 5.41) is 9.13. The molecule has 0 radical (unpaired) electrons. The number of carbonyl (C=O) groups excluding carboxylic acids is 1. The van der Waals surface area contributed by atoms with Crippen molar-refractivity contribution in [2.45, 2.75) is 13.8 Å². The van der Waals surface area contributed by atoms with Crippen molar-refractivity contribution in [3.8, 4) is 0 Å². The maximum Gasteiger partial charge on any atom is 0.419 e. The zero-order valence-corrected chi connectivity index (χ0v) is 10.7. The summed E-state index contributed by atoms with van der Waals surface area (Å²) in [6, 6.07) is 4.66. The van der Waals surface area contributed by atoms with Gasteiger partial charge in [0.1, 0.15) is 6.33 Å². The van der Waals surface area contributed by atoms with Crippen LogP contribution in [0.2, 0.25) is 0 Å². The highest BCUT2D eigenvalue weighted by atomic mass is 16.5.